The van der Waals surface area contributed by atoms with E-state index in [1.165, 1.54) is 0 Å². The summed E-state index contributed by atoms with van der Waals surface area (Å²) >= 11 is 12.2. The number of benzene rings is 2. The predicted octanol–water partition coefficient (Wildman–Crippen LogP) is 2.62. The van der Waals surface area contributed by atoms with Gasteiger partial charge in [0.15, 0.2) is 5.69 Å². The molecular formula is C21H19Cl2N3O5. The fourth-order valence-electron chi connectivity index (χ4n) is 3.78. The number of rotatable bonds is 4. The van der Waals surface area contributed by atoms with Crippen LogP contribution in [0.2, 0.25) is 10.0 Å². The van der Waals surface area contributed by atoms with E-state index in [-0.39, 0.29) is 12.5 Å². The molecule has 2 aliphatic rings. The summed E-state index contributed by atoms with van der Waals surface area (Å²) in [6, 6.07) is 10.3. The van der Waals surface area contributed by atoms with Crippen molar-refractivity contribution >= 4 is 40.0 Å². The van der Waals surface area contributed by atoms with Gasteiger partial charge < -0.3 is 24.4 Å². The zero-order chi connectivity index (χ0) is 21.7. The van der Waals surface area contributed by atoms with Gasteiger partial charge in [0.05, 0.1) is 35.8 Å². The zero-order valence-electron chi connectivity index (χ0n) is 16.4. The molecule has 3 heterocycles. The zero-order valence-corrected chi connectivity index (χ0v) is 17.9. The van der Waals surface area contributed by atoms with Gasteiger partial charge in [0.1, 0.15) is 24.0 Å². The number of ether oxygens (including phenoxy) is 3. The standard InChI is InChI=1S/C21H19Cl2N3O5/c1-29-11-3-4-12-15(7-11)26(8-10-2-5-13(22)14(23)6-10)25-17(12)20-24-18-19(28)16(27)9-30-21(18)31-20/h2-7,16,18-19,21,27-28H,8-9H2,1H3/t16-,18-,19?,21-/m1/s1. The van der Waals surface area contributed by atoms with Crippen molar-refractivity contribution in [1.82, 2.24) is 9.78 Å². The monoisotopic (exact) mass is 463 g/mol. The van der Waals surface area contributed by atoms with E-state index in [9.17, 15) is 10.2 Å². The molecule has 0 amide bonds. The van der Waals surface area contributed by atoms with Crippen molar-refractivity contribution < 1.29 is 24.4 Å². The molecule has 4 atom stereocenters. The first-order chi connectivity index (χ1) is 14.9. The van der Waals surface area contributed by atoms with E-state index < -0.39 is 24.5 Å². The summed E-state index contributed by atoms with van der Waals surface area (Å²) in [5.74, 6) is 0.936. The third-order valence-electron chi connectivity index (χ3n) is 5.43. The smallest absolute Gasteiger partial charge is 0.240 e. The summed E-state index contributed by atoms with van der Waals surface area (Å²) in [7, 11) is 1.60. The number of fused-ring (bicyclic) bond motifs is 2. The fourth-order valence-corrected chi connectivity index (χ4v) is 4.10. The Morgan fingerprint density at radius 2 is 2.00 bits per heavy atom. The van der Waals surface area contributed by atoms with E-state index in [0.29, 0.717) is 28.0 Å². The second kappa shape index (κ2) is 7.96. The highest BCUT2D eigenvalue weighted by Gasteiger charge is 2.45. The SMILES string of the molecule is COc1ccc2c(C3=N[C@@H]4C(O)[C@H](O)CO[C@@H]4O3)nn(Cc3ccc(Cl)c(Cl)c3)c2c1. The Balaban J connectivity index is 1.57. The molecule has 0 aliphatic carbocycles. The van der Waals surface area contributed by atoms with Gasteiger partial charge in [-0.1, -0.05) is 29.3 Å². The average Bonchev–Trinajstić information content (AvgIpc) is 3.35. The lowest BCUT2D eigenvalue weighted by molar-refractivity contribution is -0.187. The van der Waals surface area contributed by atoms with Gasteiger partial charge in [-0.25, -0.2) is 4.99 Å². The quantitative estimate of drug-likeness (QED) is 0.616. The van der Waals surface area contributed by atoms with Gasteiger partial charge in [-0.3, -0.25) is 4.68 Å². The van der Waals surface area contributed by atoms with E-state index in [1.54, 1.807) is 23.9 Å². The Hall–Kier alpha value is -2.36. The van der Waals surface area contributed by atoms with Crippen LogP contribution in [0.5, 0.6) is 5.75 Å². The first-order valence-electron chi connectivity index (χ1n) is 9.65. The summed E-state index contributed by atoms with van der Waals surface area (Å²) < 4.78 is 18.5. The second-order valence-electron chi connectivity index (χ2n) is 7.44. The van der Waals surface area contributed by atoms with Crippen LogP contribution in [0.15, 0.2) is 41.4 Å². The van der Waals surface area contributed by atoms with Crippen LogP contribution < -0.4 is 4.74 Å². The van der Waals surface area contributed by atoms with E-state index >= 15 is 0 Å². The molecule has 0 saturated carbocycles. The second-order valence-corrected chi connectivity index (χ2v) is 8.25. The Bertz CT molecular complexity index is 1180. The number of halogens is 2. The molecule has 8 nitrogen and oxygen atoms in total. The normalized spacial score (nSPS) is 25.3. The minimum Gasteiger partial charge on any atom is -0.497 e. The Labute approximate surface area is 187 Å². The number of nitrogens with zero attached hydrogens (tertiary/aromatic N) is 3. The number of hydrogen-bond acceptors (Lipinski definition) is 7. The first-order valence-corrected chi connectivity index (χ1v) is 10.4. The van der Waals surface area contributed by atoms with Crippen LogP contribution in [0.25, 0.3) is 10.9 Å². The maximum Gasteiger partial charge on any atom is 0.240 e. The maximum atomic E-state index is 10.3. The molecule has 2 aliphatic heterocycles. The van der Waals surface area contributed by atoms with Crippen molar-refractivity contribution in [2.45, 2.75) is 31.1 Å². The molecule has 0 spiro atoms. The lowest BCUT2D eigenvalue weighted by Crippen LogP contribution is -2.50. The van der Waals surface area contributed by atoms with Gasteiger partial charge in [0, 0.05) is 11.5 Å². The predicted molar refractivity (Wildman–Crippen MR) is 115 cm³/mol. The van der Waals surface area contributed by atoms with Crippen molar-refractivity contribution in [2.24, 2.45) is 4.99 Å². The van der Waals surface area contributed by atoms with E-state index in [1.807, 2.05) is 24.3 Å². The summed E-state index contributed by atoms with van der Waals surface area (Å²) in [6.07, 6.45) is -2.84. The van der Waals surface area contributed by atoms with Crippen molar-refractivity contribution in [2.75, 3.05) is 13.7 Å². The third kappa shape index (κ3) is 3.64. The lowest BCUT2D eigenvalue weighted by atomic mass is 10.0. The molecule has 1 unspecified atom stereocenters. The molecule has 0 bridgehead atoms. The van der Waals surface area contributed by atoms with Crippen molar-refractivity contribution in [1.29, 1.82) is 0 Å². The minimum absolute atomic E-state index is 0.0190. The van der Waals surface area contributed by atoms with Crippen LogP contribution in [0.4, 0.5) is 0 Å². The summed E-state index contributed by atoms with van der Waals surface area (Å²) in [5.41, 5.74) is 2.23. The van der Waals surface area contributed by atoms with Crippen LogP contribution >= 0.6 is 23.2 Å². The van der Waals surface area contributed by atoms with Crippen molar-refractivity contribution in [3.05, 3.63) is 57.7 Å². The van der Waals surface area contributed by atoms with Gasteiger partial charge in [-0.15, -0.1) is 0 Å². The van der Waals surface area contributed by atoms with Gasteiger partial charge in [0.2, 0.25) is 12.2 Å². The lowest BCUT2D eigenvalue weighted by Gasteiger charge is -2.31. The number of aliphatic hydroxyl groups excluding tert-OH is 2. The third-order valence-corrected chi connectivity index (χ3v) is 6.17. The largest absolute Gasteiger partial charge is 0.497 e. The highest BCUT2D eigenvalue weighted by molar-refractivity contribution is 6.42. The molecule has 2 N–H and O–H groups in total. The number of methoxy groups -OCH3 is 1. The van der Waals surface area contributed by atoms with Crippen LogP contribution in [-0.4, -0.2) is 64.1 Å². The number of aliphatic imine (C=N–C) groups is 1. The average molecular weight is 464 g/mol. The Kier molecular flexibility index (Phi) is 5.27. The van der Waals surface area contributed by atoms with Gasteiger partial charge in [-0.2, -0.15) is 5.10 Å². The fraction of sp³-hybridized carbons (Fsp3) is 0.333. The Morgan fingerprint density at radius 3 is 2.77 bits per heavy atom. The molecule has 10 heteroatoms. The van der Waals surface area contributed by atoms with E-state index in [2.05, 4.69) is 4.99 Å². The molecular weight excluding hydrogens is 445 g/mol. The van der Waals surface area contributed by atoms with Gasteiger partial charge in [0.25, 0.3) is 0 Å². The molecule has 0 radical (unpaired) electrons. The summed E-state index contributed by atoms with van der Waals surface area (Å²) in [6.45, 7) is 0.410. The van der Waals surface area contributed by atoms with E-state index in [0.717, 1.165) is 16.5 Å². The molecule has 1 fully saturated rings. The van der Waals surface area contributed by atoms with Crippen LogP contribution in [0, 0.1) is 0 Å². The molecule has 2 aromatic carbocycles. The van der Waals surface area contributed by atoms with Crippen molar-refractivity contribution in [3.63, 3.8) is 0 Å². The van der Waals surface area contributed by atoms with Crippen molar-refractivity contribution in [3.8, 4) is 5.75 Å². The minimum atomic E-state index is -1.07. The van der Waals surface area contributed by atoms with Gasteiger partial charge in [-0.05, 0) is 29.8 Å². The van der Waals surface area contributed by atoms with Crippen LogP contribution in [0.1, 0.15) is 11.3 Å². The topological polar surface area (TPSA) is 98.3 Å². The molecule has 3 aromatic rings. The highest BCUT2D eigenvalue weighted by Crippen LogP contribution is 2.31. The first kappa shape index (κ1) is 20.5. The molecule has 162 valence electrons. The van der Waals surface area contributed by atoms with Crippen LogP contribution in [-0.2, 0) is 16.0 Å². The molecule has 1 aromatic heterocycles. The molecule has 5 rings (SSSR count). The summed E-state index contributed by atoms with van der Waals surface area (Å²) in [4.78, 5) is 4.46. The molecule has 1 saturated heterocycles. The number of aliphatic hydroxyl groups is 2. The number of aromatic nitrogens is 2. The number of hydrogen-bond donors (Lipinski definition) is 2. The van der Waals surface area contributed by atoms with Gasteiger partial charge >= 0.3 is 0 Å². The van der Waals surface area contributed by atoms with E-state index in [4.69, 9.17) is 42.5 Å². The summed E-state index contributed by atoms with van der Waals surface area (Å²) in [5, 5.41) is 26.6. The highest BCUT2D eigenvalue weighted by atomic mass is 35.5. The molecule has 31 heavy (non-hydrogen) atoms. The van der Waals surface area contributed by atoms with Crippen LogP contribution in [0.3, 0.4) is 0 Å². The maximum absolute atomic E-state index is 10.3. The Morgan fingerprint density at radius 1 is 1.16 bits per heavy atom.